The highest BCUT2D eigenvalue weighted by Crippen LogP contribution is 2.50. The van der Waals surface area contributed by atoms with E-state index >= 15 is 0 Å². The lowest BCUT2D eigenvalue weighted by atomic mass is 9.92. The molecule has 3 heteroatoms. The maximum Gasteiger partial charge on any atom is 0.136 e. The Balaban J connectivity index is 1.12. The smallest absolute Gasteiger partial charge is 0.136 e. The summed E-state index contributed by atoms with van der Waals surface area (Å²) in [5.41, 5.74) is 9.33. The maximum absolute atomic E-state index is 6.59. The van der Waals surface area contributed by atoms with Crippen LogP contribution in [0.3, 0.4) is 0 Å². The van der Waals surface area contributed by atoms with E-state index in [1.54, 1.807) is 0 Å². The molecule has 1 aliphatic rings. The van der Waals surface area contributed by atoms with E-state index in [1.807, 2.05) is 23.1 Å². The Morgan fingerprint density at radius 1 is 0.419 bits per heavy atom. The Bertz CT molecular complexity index is 2600. The SMILES string of the molecule is c1ccc2c(c1)Sc1ccc(-c3ccc4c(c3)oc3cc(-c5cccc6c5sc5ccccc56)ccc34)c3cccc-2c13. The van der Waals surface area contributed by atoms with Crippen LogP contribution in [0.4, 0.5) is 0 Å². The number of fused-ring (bicyclic) bond motifs is 8. The highest BCUT2D eigenvalue weighted by Gasteiger charge is 2.21. The van der Waals surface area contributed by atoms with Crippen molar-refractivity contribution >= 4 is 76.0 Å². The molecule has 0 atom stereocenters. The molecule has 1 nitrogen and oxygen atoms in total. The quantitative estimate of drug-likeness (QED) is 0.201. The lowest BCUT2D eigenvalue weighted by molar-refractivity contribution is 0.669. The zero-order valence-corrected chi connectivity index (χ0v) is 24.6. The molecule has 0 radical (unpaired) electrons. The van der Waals surface area contributed by atoms with Gasteiger partial charge in [-0.05, 0) is 81.2 Å². The van der Waals surface area contributed by atoms with Gasteiger partial charge < -0.3 is 4.42 Å². The van der Waals surface area contributed by atoms with Gasteiger partial charge in [-0.25, -0.2) is 0 Å². The first-order valence-corrected chi connectivity index (χ1v) is 16.1. The van der Waals surface area contributed by atoms with Crippen LogP contribution < -0.4 is 0 Å². The van der Waals surface area contributed by atoms with E-state index in [9.17, 15) is 0 Å². The van der Waals surface area contributed by atoms with Crippen molar-refractivity contribution in [3.8, 4) is 33.4 Å². The molecule has 43 heavy (non-hydrogen) atoms. The highest BCUT2D eigenvalue weighted by molar-refractivity contribution is 7.99. The molecule has 9 aromatic rings. The second-order valence-corrected chi connectivity index (χ2v) is 13.4. The zero-order chi connectivity index (χ0) is 28.1. The summed E-state index contributed by atoms with van der Waals surface area (Å²) >= 11 is 3.73. The largest absolute Gasteiger partial charge is 0.456 e. The fourth-order valence-electron chi connectivity index (χ4n) is 6.92. The van der Waals surface area contributed by atoms with Crippen LogP contribution in [0.5, 0.6) is 0 Å². The first kappa shape index (κ1) is 23.7. The average Bonchev–Trinajstić information content (AvgIpc) is 3.62. The van der Waals surface area contributed by atoms with Crippen molar-refractivity contribution in [3.63, 3.8) is 0 Å². The summed E-state index contributed by atoms with van der Waals surface area (Å²) in [6, 6.07) is 48.7. The Labute approximate surface area is 256 Å². The van der Waals surface area contributed by atoms with Gasteiger partial charge in [0.25, 0.3) is 0 Å². The van der Waals surface area contributed by atoms with E-state index in [0.29, 0.717) is 0 Å². The number of rotatable bonds is 2. The number of furan rings is 1. The van der Waals surface area contributed by atoms with E-state index in [4.69, 9.17) is 4.42 Å². The second-order valence-electron chi connectivity index (χ2n) is 11.2. The standard InChI is InChI=1S/C40H22OS2/c1-3-13-36-29(7-1)32-11-6-10-31-25(19-20-38(42-36)39(31)32)23-15-17-27-28-18-16-24(22-35(28)41-34(27)21-23)26-9-5-12-33-30-8-2-4-14-37(30)43-40(26)33/h1-22H. The molecule has 0 bridgehead atoms. The molecule has 3 heterocycles. The highest BCUT2D eigenvalue weighted by atomic mass is 32.2. The van der Waals surface area contributed by atoms with E-state index < -0.39 is 0 Å². The van der Waals surface area contributed by atoms with Crippen molar-refractivity contribution < 1.29 is 4.42 Å². The molecule has 0 saturated heterocycles. The summed E-state index contributed by atoms with van der Waals surface area (Å²) in [6.45, 7) is 0. The second kappa shape index (κ2) is 8.84. The van der Waals surface area contributed by atoms with Crippen LogP contribution in [0.15, 0.2) is 148 Å². The number of hydrogen-bond acceptors (Lipinski definition) is 3. The van der Waals surface area contributed by atoms with Crippen LogP contribution in [-0.4, -0.2) is 0 Å². The molecule has 200 valence electrons. The van der Waals surface area contributed by atoms with Gasteiger partial charge in [-0.1, -0.05) is 103 Å². The van der Waals surface area contributed by atoms with Gasteiger partial charge in [-0.3, -0.25) is 0 Å². The summed E-state index contributed by atoms with van der Waals surface area (Å²) < 4.78 is 9.23. The Hall–Kier alpha value is -4.83. The third kappa shape index (κ3) is 3.41. The molecule has 0 unspecified atom stereocenters. The van der Waals surface area contributed by atoms with Crippen LogP contribution in [0, 0.1) is 0 Å². The molecule has 0 amide bonds. The summed E-state index contributed by atoms with van der Waals surface area (Å²) in [5.74, 6) is 0. The minimum absolute atomic E-state index is 0.921. The maximum atomic E-state index is 6.59. The molecule has 0 spiro atoms. The van der Waals surface area contributed by atoms with Crippen LogP contribution in [0.25, 0.3) is 86.3 Å². The van der Waals surface area contributed by atoms with Gasteiger partial charge in [-0.2, -0.15) is 0 Å². The monoisotopic (exact) mass is 582 g/mol. The van der Waals surface area contributed by atoms with Crippen molar-refractivity contribution in [2.45, 2.75) is 9.79 Å². The van der Waals surface area contributed by atoms with E-state index in [2.05, 4.69) is 133 Å². The van der Waals surface area contributed by atoms with Crippen molar-refractivity contribution in [1.29, 1.82) is 0 Å². The number of benzene rings is 7. The van der Waals surface area contributed by atoms with Gasteiger partial charge >= 0.3 is 0 Å². The lowest BCUT2D eigenvalue weighted by Crippen LogP contribution is -1.93. The Kier molecular flexibility index (Phi) is 4.87. The van der Waals surface area contributed by atoms with Gasteiger partial charge in [0.1, 0.15) is 11.2 Å². The van der Waals surface area contributed by atoms with Crippen LogP contribution in [-0.2, 0) is 0 Å². The number of thiophene rings is 1. The summed E-state index contributed by atoms with van der Waals surface area (Å²) in [6.07, 6.45) is 0. The first-order chi connectivity index (χ1) is 21.3. The normalized spacial score (nSPS) is 12.6. The molecule has 0 N–H and O–H groups in total. The average molecular weight is 583 g/mol. The van der Waals surface area contributed by atoms with Gasteiger partial charge in [0.2, 0.25) is 0 Å². The first-order valence-electron chi connectivity index (χ1n) is 14.5. The van der Waals surface area contributed by atoms with E-state index in [1.165, 1.54) is 74.1 Å². The summed E-state index contributed by atoms with van der Waals surface area (Å²) in [7, 11) is 0. The molecule has 10 rings (SSSR count). The predicted octanol–water partition coefficient (Wildman–Crippen LogP) is 12.6. The van der Waals surface area contributed by atoms with Crippen LogP contribution in [0.2, 0.25) is 0 Å². The molecule has 0 fully saturated rings. The van der Waals surface area contributed by atoms with Crippen molar-refractivity contribution in [2.24, 2.45) is 0 Å². The molecule has 2 aromatic heterocycles. The Morgan fingerprint density at radius 2 is 1.09 bits per heavy atom. The fourth-order valence-corrected chi connectivity index (χ4v) is 9.29. The van der Waals surface area contributed by atoms with Crippen molar-refractivity contribution in [3.05, 3.63) is 133 Å². The molecular weight excluding hydrogens is 561 g/mol. The van der Waals surface area contributed by atoms with Crippen molar-refractivity contribution in [2.75, 3.05) is 0 Å². The summed E-state index contributed by atoms with van der Waals surface area (Å²) in [5, 5.41) is 7.56. The minimum atomic E-state index is 0.921. The number of hydrogen-bond donors (Lipinski definition) is 0. The van der Waals surface area contributed by atoms with E-state index in [0.717, 1.165) is 21.9 Å². The molecular formula is C40H22OS2. The molecule has 0 aliphatic carbocycles. The fraction of sp³-hybridized carbons (Fsp3) is 0. The predicted molar refractivity (Wildman–Crippen MR) is 185 cm³/mol. The molecule has 1 aliphatic heterocycles. The molecule has 0 saturated carbocycles. The summed E-state index contributed by atoms with van der Waals surface area (Å²) in [4.78, 5) is 2.64. The molecule has 7 aromatic carbocycles. The van der Waals surface area contributed by atoms with Crippen LogP contribution >= 0.6 is 23.1 Å². The van der Waals surface area contributed by atoms with Gasteiger partial charge in [-0.15, -0.1) is 11.3 Å². The minimum Gasteiger partial charge on any atom is -0.456 e. The lowest BCUT2D eigenvalue weighted by Gasteiger charge is -2.21. The zero-order valence-electron chi connectivity index (χ0n) is 22.9. The topological polar surface area (TPSA) is 13.1 Å². The third-order valence-corrected chi connectivity index (χ3v) is 11.3. The third-order valence-electron chi connectivity index (χ3n) is 8.90. The van der Waals surface area contributed by atoms with Gasteiger partial charge in [0.05, 0.1) is 0 Å². The van der Waals surface area contributed by atoms with Crippen LogP contribution in [0.1, 0.15) is 0 Å². The van der Waals surface area contributed by atoms with Gasteiger partial charge in [0.15, 0.2) is 0 Å². The Morgan fingerprint density at radius 3 is 1.95 bits per heavy atom. The van der Waals surface area contributed by atoms with Crippen molar-refractivity contribution in [1.82, 2.24) is 0 Å². The van der Waals surface area contributed by atoms with Gasteiger partial charge in [0, 0.05) is 46.1 Å². The van der Waals surface area contributed by atoms with E-state index in [-0.39, 0.29) is 0 Å².